The van der Waals surface area contributed by atoms with Crippen LogP contribution in [0.25, 0.3) is 0 Å². The summed E-state index contributed by atoms with van der Waals surface area (Å²) in [6.07, 6.45) is 5.08. The van der Waals surface area contributed by atoms with Crippen LogP contribution < -0.4 is 5.32 Å². The van der Waals surface area contributed by atoms with Crippen LogP contribution in [0.1, 0.15) is 12.0 Å². The molecule has 0 spiro atoms. The van der Waals surface area contributed by atoms with Gasteiger partial charge in [-0.1, -0.05) is 0 Å². The van der Waals surface area contributed by atoms with Crippen LogP contribution in [0, 0.1) is 0 Å². The van der Waals surface area contributed by atoms with Crippen LogP contribution in [-0.4, -0.2) is 53.5 Å². The van der Waals surface area contributed by atoms with Crippen LogP contribution in [0.5, 0.6) is 0 Å². The van der Waals surface area contributed by atoms with Gasteiger partial charge in [-0.3, -0.25) is 9.78 Å². The third kappa shape index (κ3) is 4.84. The molecule has 1 aromatic rings. The summed E-state index contributed by atoms with van der Waals surface area (Å²) in [7, 11) is 1.89. The molecule has 1 amide bonds. The van der Waals surface area contributed by atoms with Crippen LogP contribution in [-0.2, 0) is 11.2 Å². The van der Waals surface area contributed by atoms with E-state index in [4.69, 9.17) is 0 Å². The summed E-state index contributed by atoms with van der Waals surface area (Å²) in [5.41, 5.74) is 1.22. The molecule has 5 heteroatoms. The highest BCUT2D eigenvalue weighted by Gasteiger charge is 2.18. The molecule has 2 heterocycles. The number of pyridine rings is 1. The second-order valence-electron chi connectivity index (χ2n) is 4.85. The first-order valence-corrected chi connectivity index (χ1v) is 7.85. The van der Waals surface area contributed by atoms with Gasteiger partial charge in [-0.25, -0.2) is 0 Å². The highest BCUT2D eigenvalue weighted by molar-refractivity contribution is 7.99. The molecule has 104 valence electrons. The van der Waals surface area contributed by atoms with Crippen LogP contribution in [0.15, 0.2) is 24.5 Å². The molecule has 0 aliphatic carbocycles. The number of carbonyl (C=O) groups is 1. The van der Waals surface area contributed by atoms with Gasteiger partial charge in [0.25, 0.3) is 0 Å². The van der Waals surface area contributed by atoms with E-state index in [2.05, 4.69) is 10.3 Å². The highest BCUT2D eigenvalue weighted by atomic mass is 32.2. The lowest BCUT2D eigenvalue weighted by atomic mass is 10.1. The predicted molar refractivity (Wildman–Crippen MR) is 79.3 cm³/mol. The molecule has 1 atom stereocenters. The molecule has 1 N–H and O–H groups in total. The average molecular weight is 279 g/mol. The summed E-state index contributed by atoms with van der Waals surface area (Å²) >= 11 is 1.93. The van der Waals surface area contributed by atoms with Crippen LogP contribution in [0.2, 0.25) is 0 Å². The van der Waals surface area contributed by atoms with Gasteiger partial charge in [-0.15, -0.1) is 0 Å². The Morgan fingerprint density at radius 2 is 2.32 bits per heavy atom. The first kappa shape index (κ1) is 14.3. The van der Waals surface area contributed by atoms with Gasteiger partial charge in [0.05, 0.1) is 0 Å². The van der Waals surface area contributed by atoms with Gasteiger partial charge in [-0.2, -0.15) is 11.8 Å². The number of nitrogens with one attached hydrogen (secondary N) is 1. The van der Waals surface area contributed by atoms with Gasteiger partial charge in [0.1, 0.15) is 0 Å². The molecular weight excluding hydrogens is 258 g/mol. The highest BCUT2D eigenvalue weighted by Crippen LogP contribution is 2.11. The number of hydrogen-bond acceptors (Lipinski definition) is 4. The van der Waals surface area contributed by atoms with E-state index >= 15 is 0 Å². The molecule has 0 aromatic carbocycles. The van der Waals surface area contributed by atoms with Gasteiger partial charge < -0.3 is 10.2 Å². The number of likely N-dealkylation sites (N-methyl/N-ethyl adjacent to an activating group) is 1. The molecule has 2 rings (SSSR count). The van der Waals surface area contributed by atoms with Gasteiger partial charge in [-0.05, 0) is 24.1 Å². The van der Waals surface area contributed by atoms with E-state index in [1.165, 1.54) is 5.56 Å². The standard InChI is InChI=1S/C14H21N3OS/c1-17(8-4-12-2-5-15-6-3-12)14(18)10-13-11-19-9-7-16-13/h2-3,5-6,13,16H,4,7-11H2,1H3. The molecular formula is C14H21N3OS. The molecule has 1 fully saturated rings. The minimum absolute atomic E-state index is 0.231. The molecule has 1 aliphatic heterocycles. The van der Waals surface area contributed by atoms with Crippen molar-refractivity contribution in [2.24, 2.45) is 0 Å². The Kier molecular flexibility index (Phi) is 5.66. The van der Waals surface area contributed by atoms with Gasteiger partial charge in [0, 0.05) is 56.5 Å². The van der Waals surface area contributed by atoms with Crippen LogP contribution in [0.3, 0.4) is 0 Å². The topological polar surface area (TPSA) is 45.2 Å². The predicted octanol–water partition coefficient (Wildman–Crippen LogP) is 1.18. The lowest BCUT2D eigenvalue weighted by Crippen LogP contribution is -2.42. The smallest absolute Gasteiger partial charge is 0.223 e. The molecule has 1 aromatic heterocycles. The Morgan fingerprint density at radius 1 is 1.53 bits per heavy atom. The first-order chi connectivity index (χ1) is 9.25. The zero-order valence-corrected chi connectivity index (χ0v) is 12.2. The Morgan fingerprint density at radius 3 is 3.00 bits per heavy atom. The second kappa shape index (κ2) is 7.50. The fraction of sp³-hybridized carbons (Fsp3) is 0.571. The lowest BCUT2D eigenvalue weighted by molar-refractivity contribution is -0.130. The average Bonchev–Trinajstić information content (AvgIpc) is 2.47. The number of thioether (sulfide) groups is 1. The minimum atomic E-state index is 0.231. The third-order valence-corrected chi connectivity index (χ3v) is 4.46. The monoisotopic (exact) mass is 279 g/mol. The van der Waals surface area contributed by atoms with E-state index in [0.717, 1.165) is 31.0 Å². The number of hydrogen-bond donors (Lipinski definition) is 1. The van der Waals surface area contributed by atoms with Crippen LogP contribution in [0.4, 0.5) is 0 Å². The normalized spacial score (nSPS) is 19.1. The molecule has 0 radical (unpaired) electrons. The summed E-state index contributed by atoms with van der Waals surface area (Å²) in [6.45, 7) is 1.78. The van der Waals surface area contributed by atoms with Crippen molar-refractivity contribution in [2.45, 2.75) is 18.9 Å². The van der Waals surface area contributed by atoms with Crippen LogP contribution >= 0.6 is 11.8 Å². The molecule has 0 bridgehead atoms. The molecule has 4 nitrogen and oxygen atoms in total. The Hall–Kier alpha value is -1.07. The Labute approximate surface area is 119 Å². The number of nitrogens with zero attached hydrogens (tertiary/aromatic N) is 2. The quantitative estimate of drug-likeness (QED) is 0.879. The van der Waals surface area contributed by atoms with E-state index in [-0.39, 0.29) is 5.91 Å². The van der Waals surface area contributed by atoms with E-state index in [1.54, 1.807) is 12.4 Å². The van der Waals surface area contributed by atoms with Crippen molar-refractivity contribution in [2.75, 3.05) is 31.6 Å². The van der Waals surface area contributed by atoms with E-state index in [0.29, 0.717) is 12.5 Å². The summed E-state index contributed by atoms with van der Waals surface area (Å²) < 4.78 is 0. The van der Waals surface area contributed by atoms with E-state index < -0.39 is 0 Å². The van der Waals surface area contributed by atoms with Crippen molar-refractivity contribution in [1.29, 1.82) is 0 Å². The number of aromatic nitrogens is 1. The van der Waals surface area contributed by atoms with Crippen molar-refractivity contribution in [3.05, 3.63) is 30.1 Å². The number of rotatable bonds is 5. The lowest BCUT2D eigenvalue weighted by Gasteiger charge is -2.25. The van der Waals surface area contributed by atoms with E-state index in [1.807, 2.05) is 35.8 Å². The Balaban J connectivity index is 1.72. The van der Waals surface area contributed by atoms with Gasteiger partial charge >= 0.3 is 0 Å². The third-order valence-electron chi connectivity index (χ3n) is 3.33. The molecule has 19 heavy (non-hydrogen) atoms. The maximum Gasteiger partial charge on any atom is 0.223 e. The molecule has 1 aliphatic rings. The van der Waals surface area contributed by atoms with Crippen molar-refractivity contribution in [3.63, 3.8) is 0 Å². The first-order valence-electron chi connectivity index (χ1n) is 6.69. The van der Waals surface area contributed by atoms with E-state index in [9.17, 15) is 4.79 Å². The fourth-order valence-corrected chi connectivity index (χ4v) is 3.04. The second-order valence-corrected chi connectivity index (χ2v) is 6.00. The largest absolute Gasteiger partial charge is 0.345 e. The molecule has 1 saturated heterocycles. The van der Waals surface area contributed by atoms with Gasteiger partial charge in [0.15, 0.2) is 0 Å². The van der Waals surface area contributed by atoms with Crippen molar-refractivity contribution in [1.82, 2.24) is 15.2 Å². The zero-order chi connectivity index (χ0) is 13.5. The maximum atomic E-state index is 12.1. The Bertz CT molecular complexity index is 393. The van der Waals surface area contributed by atoms with Crippen molar-refractivity contribution < 1.29 is 4.79 Å². The zero-order valence-electron chi connectivity index (χ0n) is 11.3. The van der Waals surface area contributed by atoms with Crippen molar-refractivity contribution >= 4 is 17.7 Å². The number of amides is 1. The van der Waals surface area contributed by atoms with Crippen molar-refractivity contribution in [3.8, 4) is 0 Å². The summed E-state index contributed by atoms with van der Waals surface area (Å²) in [5, 5.41) is 3.40. The SMILES string of the molecule is CN(CCc1ccncc1)C(=O)CC1CSCCN1. The maximum absolute atomic E-state index is 12.1. The fourth-order valence-electron chi connectivity index (χ4n) is 2.09. The minimum Gasteiger partial charge on any atom is -0.345 e. The summed E-state index contributed by atoms with van der Waals surface area (Å²) in [6, 6.07) is 4.34. The summed E-state index contributed by atoms with van der Waals surface area (Å²) in [5.74, 6) is 2.43. The molecule has 0 saturated carbocycles. The number of carbonyl (C=O) groups excluding carboxylic acids is 1. The summed E-state index contributed by atoms with van der Waals surface area (Å²) in [4.78, 5) is 17.9. The van der Waals surface area contributed by atoms with Gasteiger partial charge in [0.2, 0.25) is 5.91 Å². The molecule has 1 unspecified atom stereocenters.